The molecule has 0 N–H and O–H groups in total. The van der Waals surface area contributed by atoms with Crippen LogP contribution in [0.1, 0.15) is 20.8 Å². The number of hydrogen-bond acceptors (Lipinski definition) is 2. The van der Waals surface area contributed by atoms with Crippen LogP contribution in [0, 0.1) is 0 Å². The number of allylic oxidation sites excluding steroid dienone is 2. The summed E-state index contributed by atoms with van der Waals surface area (Å²) in [4.78, 5) is 11.0. The topological polar surface area (TPSA) is 17.1 Å². The quantitative estimate of drug-likeness (QED) is 0.478. The lowest BCUT2D eigenvalue weighted by molar-refractivity contribution is -0.107. The van der Waals surface area contributed by atoms with Crippen LogP contribution < -0.4 is 0 Å². The fraction of sp³-hybridized carbons (Fsp3) is 0.444. The van der Waals surface area contributed by atoms with Gasteiger partial charge in [0.25, 0.3) is 0 Å². The standard InChI is InChI=1S/C9H14OS/c1-5-11-9(10)6-8(4)7(2)3/h6H,2,5H2,1,3-4H3/b8-6-. The van der Waals surface area contributed by atoms with Gasteiger partial charge in [0.2, 0.25) is 5.12 Å². The molecule has 0 aromatic carbocycles. The highest BCUT2D eigenvalue weighted by atomic mass is 32.2. The maximum Gasteiger partial charge on any atom is 0.212 e. The van der Waals surface area contributed by atoms with E-state index in [9.17, 15) is 4.79 Å². The van der Waals surface area contributed by atoms with Gasteiger partial charge in [-0.05, 0) is 31.2 Å². The number of carbonyl (C=O) groups excluding carboxylic acids is 1. The van der Waals surface area contributed by atoms with Crippen LogP contribution in [0.3, 0.4) is 0 Å². The SMILES string of the molecule is C=C(C)/C(C)=C\C(=O)SCC. The van der Waals surface area contributed by atoms with Crippen LogP contribution >= 0.6 is 11.8 Å². The molecule has 0 saturated carbocycles. The summed E-state index contributed by atoms with van der Waals surface area (Å²) in [7, 11) is 0. The third kappa shape index (κ3) is 4.85. The highest BCUT2D eigenvalue weighted by Crippen LogP contribution is 2.09. The van der Waals surface area contributed by atoms with Gasteiger partial charge in [-0.25, -0.2) is 0 Å². The molecule has 1 nitrogen and oxygen atoms in total. The summed E-state index contributed by atoms with van der Waals surface area (Å²) in [5.41, 5.74) is 1.92. The van der Waals surface area contributed by atoms with E-state index in [0.717, 1.165) is 16.9 Å². The lowest BCUT2D eigenvalue weighted by atomic mass is 10.1. The highest BCUT2D eigenvalue weighted by molar-refractivity contribution is 8.14. The minimum Gasteiger partial charge on any atom is -0.282 e. The number of carbonyl (C=O) groups is 1. The van der Waals surface area contributed by atoms with Gasteiger partial charge in [-0.3, -0.25) is 4.79 Å². The van der Waals surface area contributed by atoms with Crippen LogP contribution in [0.4, 0.5) is 0 Å². The van der Waals surface area contributed by atoms with E-state index in [1.807, 2.05) is 20.8 Å². The zero-order chi connectivity index (χ0) is 8.85. The van der Waals surface area contributed by atoms with Crippen molar-refractivity contribution in [2.45, 2.75) is 20.8 Å². The second kappa shape index (κ2) is 5.19. The number of hydrogen-bond donors (Lipinski definition) is 0. The molecule has 0 heterocycles. The Balaban J connectivity index is 4.08. The van der Waals surface area contributed by atoms with E-state index in [2.05, 4.69) is 6.58 Å². The van der Waals surface area contributed by atoms with E-state index in [0.29, 0.717) is 0 Å². The molecule has 0 radical (unpaired) electrons. The zero-order valence-electron chi connectivity index (χ0n) is 7.31. The fourth-order valence-corrected chi connectivity index (χ4v) is 1.03. The largest absolute Gasteiger partial charge is 0.282 e. The molecule has 0 fully saturated rings. The van der Waals surface area contributed by atoms with Crippen molar-refractivity contribution < 1.29 is 4.79 Å². The molecule has 0 aliphatic carbocycles. The third-order valence-corrected chi connectivity index (χ3v) is 1.99. The van der Waals surface area contributed by atoms with Crippen molar-refractivity contribution >= 4 is 16.9 Å². The molecule has 0 aliphatic heterocycles. The second-order valence-electron chi connectivity index (χ2n) is 2.36. The van der Waals surface area contributed by atoms with E-state index in [-0.39, 0.29) is 5.12 Å². The molecular weight excluding hydrogens is 156 g/mol. The van der Waals surface area contributed by atoms with E-state index in [4.69, 9.17) is 0 Å². The average molecular weight is 170 g/mol. The van der Waals surface area contributed by atoms with Gasteiger partial charge >= 0.3 is 0 Å². The Labute approximate surface area is 72.6 Å². The summed E-state index contributed by atoms with van der Waals surface area (Å²) in [6.45, 7) is 9.50. The fourth-order valence-electron chi connectivity index (χ4n) is 0.484. The predicted molar refractivity (Wildman–Crippen MR) is 51.7 cm³/mol. The minimum atomic E-state index is 0.119. The lowest BCUT2D eigenvalue weighted by Gasteiger charge is -1.96. The van der Waals surface area contributed by atoms with Crippen molar-refractivity contribution in [1.29, 1.82) is 0 Å². The highest BCUT2D eigenvalue weighted by Gasteiger charge is 1.97. The monoisotopic (exact) mass is 170 g/mol. The summed E-state index contributed by atoms with van der Waals surface area (Å²) in [6.07, 6.45) is 1.64. The van der Waals surface area contributed by atoms with Crippen LogP contribution in [0.15, 0.2) is 23.8 Å². The van der Waals surface area contributed by atoms with Crippen molar-refractivity contribution in [3.63, 3.8) is 0 Å². The first-order valence-corrected chi connectivity index (χ1v) is 4.57. The van der Waals surface area contributed by atoms with E-state index < -0.39 is 0 Å². The Hall–Kier alpha value is -0.500. The zero-order valence-corrected chi connectivity index (χ0v) is 8.12. The maximum absolute atomic E-state index is 11.0. The predicted octanol–water partition coefficient (Wildman–Crippen LogP) is 2.79. The molecule has 0 unspecified atom stereocenters. The lowest BCUT2D eigenvalue weighted by Crippen LogP contribution is -1.88. The summed E-state index contributed by atoms with van der Waals surface area (Å²) in [6, 6.07) is 0. The van der Waals surface area contributed by atoms with Crippen LogP contribution in [0.5, 0.6) is 0 Å². The summed E-state index contributed by atoms with van der Waals surface area (Å²) < 4.78 is 0. The molecule has 0 atom stereocenters. The molecule has 0 aromatic rings. The Kier molecular flexibility index (Phi) is 4.95. The van der Waals surface area contributed by atoms with Crippen LogP contribution in [0.2, 0.25) is 0 Å². The van der Waals surface area contributed by atoms with Gasteiger partial charge in [-0.2, -0.15) is 0 Å². The van der Waals surface area contributed by atoms with Crippen LogP contribution in [-0.2, 0) is 4.79 Å². The number of thioether (sulfide) groups is 1. The Bertz CT molecular complexity index is 192. The van der Waals surface area contributed by atoms with E-state index >= 15 is 0 Å². The van der Waals surface area contributed by atoms with Gasteiger partial charge in [0.1, 0.15) is 0 Å². The second-order valence-corrected chi connectivity index (χ2v) is 3.63. The smallest absolute Gasteiger partial charge is 0.212 e. The number of rotatable bonds is 3. The molecule has 0 aromatic heterocycles. The van der Waals surface area contributed by atoms with Gasteiger partial charge < -0.3 is 0 Å². The normalized spacial score (nSPS) is 11.4. The molecule has 0 aliphatic rings. The molecule has 0 spiro atoms. The summed E-state index contributed by atoms with van der Waals surface area (Å²) in [5.74, 6) is 0.832. The average Bonchev–Trinajstić information content (AvgIpc) is 1.87. The Morgan fingerprint density at radius 3 is 2.45 bits per heavy atom. The first kappa shape index (κ1) is 10.5. The molecule has 11 heavy (non-hydrogen) atoms. The maximum atomic E-state index is 11.0. The third-order valence-electron chi connectivity index (χ3n) is 1.29. The molecule has 0 bridgehead atoms. The Morgan fingerprint density at radius 1 is 1.55 bits per heavy atom. The van der Waals surface area contributed by atoms with Crippen LogP contribution in [-0.4, -0.2) is 10.9 Å². The Morgan fingerprint density at radius 2 is 2.09 bits per heavy atom. The molecule has 0 amide bonds. The first-order valence-electron chi connectivity index (χ1n) is 3.58. The molecule has 62 valence electrons. The minimum absolute atomic E-state index is 0.119. The van der Waals surface area contributed by atoms with Crippen molar-refractivity contribution in [2.75, 3.05) is 5.75 Å². The van der Waals surface area contributed by atoms with Crippen LogP contribution in [0.25, 0.3) is 0 Å². The summed E-state index contributed by atoms with van der Waals surface area (Å²) >= 11 is 1.32. The van der Waals surface area contributed by atoms with E-state index in [1.54, 1.807) is 6.08 Å². The van der Waals surface area contributed by atoms with Gasteiger partial charge in [-0.15, -0.1) is 0 Å². The van der Waals surface area contributed by atoms with Gasteiger partial charge in [0, 0.05) is 0 Å². The van der Waals surface area contributed by atoms with Gasteiger partial charge in [-0.1, -0.05) is 30.8 Å². The van der Waals surface area contributed by atoms with Crippen molar-refractivity contribution in [3.05, 3.63) is 23.8 Å². The van der Waals surface area contributed by atoms with Gasteiger partial charge in [0.05, 0.1) is 0 Å². The molecule has 0 saturated heterocycles. The molecule has 0 rings (SSSR count). The van der Waals surface area contributed by atoms with Crippen molar-refractivity contribution in [2.24, 2.45) is 0 Å². The van der Waals surface area contributed by atoms with Crippen molar-refractivity contribution in [1.82, 2.24) is 0 Å². The van der Waals surface area contributed by atoms with Crippen molar-refractivity contribution in [3.8, 4) is 0 Å². The first-order chi connectivity index (χ1) is 5.07. The molecule has 2 heteroatoms. The van der Waals surface area contributed by atoms with E-state index in [1.165, 1.54) is 11.8 Å². The summed E-state index contributed by atoms with van der Waals surface area (Å²) in [5, 5.41) is 0.119. The molecular formula is C9H14OS. The van der Waals surface area contributed by atoms with Gasteiger partial charge in [0.15, 0.2) is 0 Å².